The Balaban J connectivity index is 1.71. The molecule has 2 rings (SSSR count). The van der Waals surface area contributed by atoms with Gasteiger partial charge in [0.1, 0.15) is 5.82 Å². The zero-order chi connectivity index (χ0) is 8.39. The van der Waals surface area contributed by atoms with Crippen LogP contribution < -0.4 is 5.32 Å². The highest BCUT2D eigenvalue weighted by atomic mass is 32.1. The number of hydrogen-bond donors (Lipinski definition) is 1. The summed E-state index contributed by atoms with van der Waals surface area (Å²) >= 11 is 1.45. The van der Waals surface area contributed by atoms with Gasteiger partial charge in [0.25, 0.3) is 0 Å². The third kappa shape index (κ3) is 2.17. The van der Waals surface area contributed by atoms with Crippen molar-refractivity contribution in [1.82, 2.24) is 9.36 Å². The van der Waals surface area contributed by atoms with E-state index in [9.17, 15) is 0 Å². The molecule has 0 radical (unpaired) electrons. The molecule has 1 aliphatic rings. The van der Waals surface area contributed by atoms with E-state index in [1.165, 1.54) is 30.8 Å². The molecule has 0 atom stereocenters. The van der Waals surface area contributed by atoms with E-state index in [2.05, 4.69) is 14.7 Å². The Bertz CT molecular complexity index is 255. The molecule has 1 heterocycles. The van der Waals surface area contributed by atoms with Crippen LogP contribution >= 0.6 is 11.5 Å². The molecule has 66 valence electrons. The van der Waals surface area contributed by atoms with Gasteiger partial charge in [-0.3, -0.25) is 0 Å². The minimum atomic E-state index is 0.869. The van der Waals surface area contributed by atoms with Gasteiger partial charge in [-0.05, 0) is 19.3 Å². The molecule has 1 aliphatic carbocycles. The van der Waals surface area contributed by atoms with Crippen LogP contribution in [0.3, 0.4) is 0 Å². The van der Waals surface area contributed by atoms with Crippen LogP contribution in [0, 0.1) is 12.8 Å². The monoisotopic (exact) mass is 183 g/mol. The number of hydrogen-bond acceptors (Lipinski definition) is 4. The van der Waals surface area contributed by atoms with Gasteiger partial charge in [0.05, 0.1) is 0 Å². The van der Waals surface area contributed by atoms with Crippen molar-refractivity contribution in [1.29, 1.82) is 0 Å². The first-order valence-corrected chi connectivity index (χ1v) is 5.16. The highest BCUT2D eigenvalue weighted by molar-refractivity contribution is 7.09. The van der Waals surface area contributed by atoms with Crippen molar-refractivity contribution < 1.29 is 0 Å². The van der Waals surface area contributed by atoms with E-state index in [4.69, 9.17) is 0 Å². The SMILES string of the molecule is Cc1nsc(NCCC2CC2)n1. The molecule has 0 amide bonds. The van der Waals surface area contributed by atoms with Crippen LogP contribution in [-0.4, -0.2) is 15.9 Å². The van der Waals surface area contributed by atoms with Gasteiger partial charge >= 0.3 is 0 Å². The van der Waals surface area contributed by atoms with E-state index in [0.29, 0.717) is 0 Å². The molecule has 0 bridgehead atoms. The van der Waals surface area contributed by atoms with E-state index < -0.39 is 0 Å². The minimum Gasteiger partial charge on any atom is -0.360 e. The van der Waals surface area contributed by atoms with Crippen molar-refractivity contribution in [2.75, 3.05) is 11.9 Å². The number of aromatic nitrogens is 2. The van der Waals surface area contributed by atoms with Crippen LogP contribution in [0.25, 0.3) is 0 Å². The van der Waals surface area contributed by atoms with E-state index in [1.807, 2.05) is 6.92 Å². The fourth-order valence-electron chi connectivity index (χ4n) is 1.16. The number of anilines is 1. The maximum atomic E-state index is 4.22. The highest BCUT2D eigenvalue weighted by Gasteiger charge is 2.20. The number of rotatable bonds is 4. The average Bonchev–Trinajstić information content (AvgIpc) is 2.76. The topological polar surface area (TPSA) is 37.8 Å². The Labute approximate surface area is 76.4 Å². The van der Waals surface area contributed by atoms with Crippen LogP contribution in [0.1, 0.15) is 25.1 Å². The van der Waals surface area contributed by atoms with Crippen LogP contribution in [0.15, 0.2) is 0 Å². The first-order valence-electron chi connectivity index (χ1n) is 4.39. The summed E-state index contributed by atoms with van der Waals surface area (Å²) in [6.07, 6.45) is 4.15. The second-order valence-corrected chi connectivity index (χ2v) is 4.06. The summed E-state index contributed by atoms with van der Waals surface area (Å²) in [5.41, 5.74) is 0. The van der Waals surface area contributed by atoms with E-state index >= 15 is 0 Å². The number of nitrogens with one attached hydrogen (secondary N) is 1. The smallest absolute Gasteiger partial charge is 0.202 e. The molecule has 1 fully saturated rings. The summed E-state index contributed by atoms with van der Waals surface area (Å²) in [4.78, 5) is 4.22. The summed E-state index contributed by atoms with van der Waals surface area (Å²) < 4.78 is 4.10. The summed E-state index contributed by atoms with van der Waals surface area (Å²) in [5, 5.41) is 4.25. The summed E-state index contributed by atoms with van der Waals surface area (Å²) in [7, 11) is 0. The quantitative estimate of drug-likeness (QED) is 0.776. The summed E-state index contributed by atoms with van der Waals surface area (Å²) in [5.74, 6) is 1.86. The maximum absolute atomic E-state index is 4.22. The third-order valence-electron chi connectivity index (χ3n) is 2.05. The summed E-state index contributed by atoms with van der Waals surface area (Å²) in [6.45, 7) is 2.97. The Morgan fingerprint density at radius 2 is 2.42 bits per heavy atom. The van der Waals surface area contributed by atoms with Gasteiger partial charge in [-0.2, -0.15) is 4.37 Å². The Morgan fingerprint density at radius 1 is 1.58 bits per heavy atom. The standard InChI is InChI=1S/C8H13N3S/c1-6-10-8(12-11-6)9-5-4-7-2-3-7/h7H,2-5H2,1H3,(H,9,10,11). The Morgan fingerprint density at radius 3 is 3.00 bits per heavy atom. The molecular weight excluding hydrogens is 170 g/mol. The number of nitrogens with zero attached hydrogens (tertiary/aromatic N) is 2. The lowest BCUT2D eigenvalue weighted by Gasteiger charge is -1.98. The Hall–Kier alpha value is -0.640. The first kappa shape index (κ1) is 7.98. The molecule has 1 N–H and O–H groups in total. The van der Waals surface area contributed by atoms with Gasteiger partial charge in [0.2, 0.25) is 5.13 Å². The van der Waals surface area contributed by atoms with E-state index in [-0.39, 0.29) is 0 Å². The van der Waals surface area contributed by atoms with Gasteiger partial charge in [0.15, 0.2) is 0 Å². The van der Waals surface area contributed by atoms with Crippen LogP contribution in [0.2, 0.25) is 0 Å². The highest BCUT2D eigenvalue weighted by Crippen LogP contribution is 2.32. The van der Waals surface area contributed by atoms with Crippen molar-refractivity contribution in [3.05, 3.63) is 5.82 Å². The lowest BCUT2D eigenvalue weighted by atomic mass is 10.3. The second kappa shape index (κ2) is 3.39. The largest absolute Gasteiger partial charge is 0.360 e. The molecule has 1 aromatic heterocycles. The molecule has 0 unspecified atom stereocenters. The fraction of sp³-hybridized carbons (Fsp3) is 0.750. The van der Waals surface area contributed by atoms with Crippen molar-refractivity contribution in [3.8, 4) is 0 Å². The van der Waals surface area contributed by atoms with Gasteiger partial charge in [-0.25, -0.2) is 4.98 Å². The molecule has 0 aliphatic heterocycles. The summed E-state index contributed by atoms with van der Waals surface area (Å²) in [6, 6.07) is 0. The van der Waals surface area contributed by atoms with Gasteiger partial charge in [-0.15, -0.1) is 0 Å². The average molecular weight is 183 g/mol. The molecule has 3 nitrogen and oxygen atoms in total. The number of aryl methyl sites for hydroxylation is 1. The zero-order valence-corrected chi connectivity index (χ0v) is 8.02. The van der Waals surface area contributed by atoms with Gasteiger partial charge < -0.3 is 5.32 Å². The van der Waals surface area contributed by atoms with Crippen molar-refractivity contribution in [2.24, 2.45) is 5.92 Å². The van der Waals surface area contributed by atoms with Crippen molar-refractivity contribution in [2.45, 2.75) is 26.2 Å². The molecule has 1 aromatic rings. The van der Waals surface area contributed by atoms with Crippen molar-refractivity contribution in [3.63, 3.8) is 0 Å². The predicted octanol–water partition coefficient (Wildman–Crippen LogP) is 2.06. The zero-order valence-electron chi connectivity index (χ0n) is 7.21. The molecule has 0 spiro atoms. The predicted molar refractivity (Wildman–Crippen MR) is 50.5 cm³/mol. The molecule has 1 saturated carbocycles. The third-order valence-corrected chi connectivity index (χ3v) is 2.82. The maximum Gasteiger partial charge on any atom is 0.202 e. The van der Waals surface area contributed by atoms with Gasteiger partial charge in [0, 0.05) is 18.1 Å². The van der Waals surface area contributed by atoms with E-state index in [1.54, 1.807) is 0 Å². The fourth-order valence-corrected chi connectivity index (χ4v) is 1.76. The van der Waals surface area contributed by atoms with E-state index in [0.717, 1.165) is 23.4 Å². The van der Waals surface area contributed by atoms with Gasteiger partial charge in [-0.1, -0.05) is 12.8 Å². The van der Waals surface area contributed by atoms with Crippen LogP contribution in [0.4, 0.5) is 5.13 Å². The Kier molecular flexibility index (Phi) is 2.26. The lowest BCUT2D eigenvalue weighted by Crippen LogP contribution is -2.01. The first-order chi connectivity index (χ1) is 5.84. The second-order valence-electron chi connectivity index (χ2n) is 3.31. The minimum absolute atomic E-state index is 0.869. The molecule has 4 heteroatoms. The normalized spacial score (nSPS) is 16.4. The molecule has 12 heavy (non-hydrogen) atoms. The van der Waals surface area contributed by atoms with Crippen LogP contribution in [0.5, 0.6) is 0 Å². The lowest BCUT2D eigenvalue weighted by molar-refractivity contribution is 0.759. The molecular formula is C8H13N3S. The van der Waals surface area contributed by atoms with Crippen molar-refractivity contribution >= 4 is 16.7 Å². The molecule has 0 saturated heterocycles. The molecule has 0 aromatic carbocycles. The van der Waals surface area contributed by atoms with Crippen LogP contribution in [-0.2, 0) is 0 Å².